The number of aromatic nitrogens is 1. The molecule has 1 heterocycles. The summed E-state index contributed by atoms with van der Waals surface area (Å²) in [6.45, 7) is 3.55. The predicted octanol–water partition coefficient (Wildman–Crippen LogP) is 2.91. The third kappa shape index (κ3) is 7.14. The van der Waals surface area contributed by atoms with Crippen molar-refractivity contribution in [3.05, 3.63) is 64.4 Å². The van der Waals surface area contributed by atoms with Gasteiger partial charge in [-0.05, 0) is 39.0 Å². The van der Waals surface area contributed by atoms with Crippen LogP contribution in [-0.2, 0) is 27.4 Å². The number of hydrogen-bond donors (Lipinski definition) is 3. The van der Waals surface area contributed by atoms with Gasteiger partial charge in [-0.1, -0.05) is 50.2 Å². The Bertz CT molecular complexity index is 876. The van der Waals surface area contributed by atoms with Gasteiger partial charge in [0.2, 0.25) is 5.91 Å². The number of nitrogens with zero attached hydrogens (tertiary/aromatic N) is 1. The maximum atomic E-state index is 12.7. The summed E-state index contributed by atoms with van der Waals surface area (Å²) in [5.41, 5.74) is 1.45. The molecule has 9 heteroatoms. The maximum absolute atomic E-state index is 12.7. The van der Waals surface area contributed by atoms with Gasteiger partial charge in [0.25, 0.3) is 0 Å². The summed E-state index contributed by atoms with van der Waals surface area (Å²) in [5, 5.41) is 14.5. The number of carbonyl (C=O) groups excluding carboxylic acids is 2. The summed E-state index contributed by atoms with van der Waals surface area (Å²) in [5.74, 6) is -2.07. The van der Waals surface area contributed by atoms with E-state index in [2.05, 4.69) is 31.5 Å². The molecule has 0 spiro atoms. The van der Waals surface area contributed by atoms with Gasteiger partial charge in [0.05, 0.1) is 0 Å². The van der Waals surface area contributed by atoms with Crippen LogP contribution in [0.5, 0.6) is 0 Å². The molecule has 2 aromatic rings. The summed E-state index contributed by atoms with van der Waals surface area (Å²) in [6, 6.07) is 10.4. The van der Waals surface area contributed by atoms with Crippen molar-refractivity contribution >= 4 is 33.9 Å². The van der Waals surface area contributed by atoms with Crippen molar-refractivity contribution < 1.29 is 24.2 Å². The van der Waals surface area contributed by atoms with Gasteiger partial charge in [-0.25, -0.2) is 14.6 Å². The number of carbonyl (C=O) groups is 3. The molecule has 8 nitrogen and oxygen atoms in total. The normalized spacial score (nSPS) is 12.7. The van der Waals surface area contributed by atoms with Gasteiger partial charge in [-0.2, -0.15) is 0 Å². The Morgan fingerprint density at radius 1 is 1.10 bits per heavy atom. The minimum absolute atomic E-state index is 0.0404. The van der Waals surface area contributed by atoms with Crippen LogP contribution in [0, 0.1) is 5.92 Å². The molecule has 1 aromatic carbocycles. The van der Waals surface area contributed by atoms with Crippen molar-refractivity contribution in [2.45, 2.75) is 39.0 Å². The van der Waals surface area contributed by atoms with Crippen LogP contribution in [-0.4, -0.2) is 40.1 Å². The molecule has 0 bridgehead atoms. The highest BCUT2D eigenvalue weighted by atomic mass is 79.9. The van der Waals surface area contributed by atoms with Crippen LogP contribution in [0.3, 0.4) is 0 Å². The van der Waals surface area contributed by atoms with Crippen LogP contribution in [0.15, 0.2) is 53.3 Å². The first-order valence-corrected chi connectivity index (χ1v) is 10.2. The summed E-state index contributed by atoms with van der Waals surface area (Å²) in [7, 11) is 0. The number of carboxylic acids is 1. The third-order valence-corrected chi connectivity index (χ3v) is 5.02. The minimum Gasteiger partial charge on any atom is -0.480 e. The van der Waals surface area contributed by atoms with E-state index in [9.17, 15) is 19.5 Å². The van der Waals surface area contributed by atoms with E-state index in [1.54, 1.807) is 32.2 Å². The van der Waals surface area contributed by atoms with Crippen molar-refractivity contribution in [1.82, 2.24) is 15.6 Å². The quantitative estimate of drug-likeness (QED) is 0.477. The summed E-state index contributed by atoms with van der Waals surface area (Å²) < 4.78 is 5.67. The Kier molecular flexibility index (Phi) is 8.79. The molecule has 30 heavy (non-hydrogen) atoms. The lowest BCUT2D eigenvalue weighted by Crippen LogP contribution is -2.54. The smallest absolute Gasteiger partial charge is 0.408 e. The topological polar surface area (TPSA) is 118 Å². The van der Waals surface area contributed by atoms with Crippen molar-refractivity contribution in [1.29, 1.82) is 0 Å². The van der Waals surface area contributed by atoms with Gasteiger partial charge in [0, 0.05) is 12.6 Å². The van der Waals surface area contributed by atoms with Crippen LogP contribution in [0.1, 0.15) is 25.0 Å². The molecule has 0 saturated heterocycles. The van der Waals surface area contributed by atoms with Gasteiger partial charge in [0.15, 0.2) is 0 Å². The van der Waals surface area contributed by atoms with E-state index in [4.69, 9.17) is 4.74 Å². The lowest BCUT2D eigenvalue weighted by molar-refractivity contribution is -0.142. The number of benzene rings is 1. The summed E-state index contributed by atoms with van der Waals surface area (Å²) >= 11 is 3.27. The average Bonchev–Trinajstić information content (AvgIpc) is 2.71. The monoisotopic (exact) mass is 477 g/mol. The fourth-order valence-electron chi connectivity index (χ4n) is 2.68. The zero-order valence-corrected chi connectivity index (χ0v) is 18.3. The molecule has 2 rings (SSSR count). The number of carboxylic acid groups (broad SMARTS) is 1. The van der Waals surface area contributed by atoms with E-state index in [0.717, 1.165) is 5.56 Å². The Balaban J connectivity index is 1.99. The largest absolute Gasteiger partial charge is 0.480 e. The SMILES string of the molecule is CC(C)[C@H](NC(=O)OCc1ccccc1)C(=O)N[C@@H](Cc1cccnc1Br)C(=O)O. The zero-order valence-electron chi connectivity index (χ0n) is 16.7. The van der Waals surface area contributed by atoms with E-state index >= 15 is 0 Å². The lowest BCUT2D eigenvalue weighted by atomic mass is 10.0. The molecule has 1 aromatic heterocycles. The first-order valence-electron chi connectivity index (χ1n) is 9.37. The molecule has 0 unspecified atom stereocenters. The van der Waals surface area contributed by atoms with Crippen LogP contribution in [0.4, 0.5) is 4.79 Å². The van der Waals surface area contributed by atoms with Crippen LogP contribution in [0.2, 0.25) is 0 Å². The predicted molar refractivity (Wildman–Crippen MR) is 114 cm³/mol. The van der Waals surface area contributed by atoms with E-state index in [1.807, 2.05) is 30.3 Å². The van der Waals surface area contributed by atoms with Gasteiger partial charge in [-0.15, -0.1) is 0 Å². The average molecular weight is 478 g/mol. The second-order valence-corrected chi connectivity index (χ2v) is 7.74. The van der Waals surface area contributed by atoms with Crippen LogP contribution in [0.25, 0.3) is 0 Å². The highest BCUT2D eigenvalue weighted by Crippen LogP contribution is 2.15. The molecule has 3 N–H and O–H groups in total. The van der Waals surface area contributed by atoms with Crippen molar-refractivity contribution in [2.75, 3.05) is 0 Å². The van der Waals surface area contributed by atoms with Gasteiger partial charge in [0.1, 0.15) is 23.3 Å². The van der Waals surface area contributed by atoms with E-state index in [0.29, 0.717) is 10.2 Å². The fraction of sp³-hybridized carbons (Fsp3) is 0.333. The molecular formula is C21H24BrN3O5. The minimum atomic E-state index is -1.19. The molecule has 2 atom stereocenters. The lowest BCUT2D eigenvalue weighted by Gasteiger charge is -2.24. The molecule has 0 fully saturated rings. The first-order chi connectivity index (χ1) is 14.3. The van der Waals surface area contributed by atoms with Crippen LogP contribution < -0.4 is 10.6 Å². The number of pyridine rings is 1. The van der Waals surface area contributed by atoms with Gasteiger partial charge >= 0.3 is 12.1 Å². The first kappa shape index (κ1) is 23.3. The standard InChI is InChI=1S/C21H24BrN3O5/c1-13(2)17(25-21(29)30-12-14-7-4-3-5-8-14)19(26)24-16(20(27)28)11-15-9-6-10-23-18(15)22/h3-10,13,16-17H,11-12H2,1-2H3,(H,24,26)(H,25,29)(H,27,28)/t16-,17-/m0/s1. The highest BCUT2D eigenvalue weighted by Gasteiger charge is 2.29. The number of nitrogens with one attached hydrogen (secondary N) is 2. The Morgan fingerprint density at radius 2 is 1.80 bits per heavy atom. The fourth-order valence-corrected chi connectivity index (χ4v) is 3.09. The van der Waals surface area contributed by atoms with E-state index in [-0.39, 0.29) is 18.9 Å². The maximum Gasteiger partial charge on any atom is 0.408 e. The van der Waals surface area contributed by atoms with E-state index < -0.39 is 30.1 Å². The zero-order chi connectivity index (χ0) is 22.1. The van der Waals surface area contributed by atoms with Crippen molar-refractivity contribution in [3.63, 3.8) is 0 Å². The Morgan fingerprint density at radius 3 is 2.40 bits per heavy atom. The molecule has 0 radical (unpaired) electrons. The number of hydrogen-bond acceptors (Lipinski definition) is 5. The molecule has 0 aliphatic rings. The Labute approximate surface area is 183 Å². The molecule has 0 saturated carbocycles. The van der Waals surface area contributed by atoms with Crippen molar-refractivity contribution in [2.24, 2.45) is 5.92 Å². The summed E-state index contributed by atoms with van der Waals surface area (Å²) in [4.78, 5) is 40.6. The highest BCUT2D eigenvalue weighted by molar-refractivity contribution is 9.10. The number of ether oxygens (including phenoxy) is 1. The Hall–Kier alpha value is -2.94. The molecule has 2 amide bonds. The van der Waals surface area contributed by atoms with Crippen molar-refractivity contribution in [3.8, 4) is 0 Å². The van der Waals surface area contributed by atoms with Gasteiger partial charge in [-0.3, -0.25) is 4.79 Å². The number of amides is 2. The molecule has 160 valence electrons. The third-order valence-electron chi connectivity index (χ3n) is 4.31. The van der Waals surface area contributed by atoms with Crippen LogP contribution >= 0.6 is 15.9 Å². The second kappa shape index (κ2) is 11.3. The molecular weight excluding hydrogens is 454 g/mol. The van der Waals surface area contributed by atoms with E-state index in [1.165, 1.54) is 0 Å². The number of halogens is 1. The molecule has 0 aliphatic heterocycles. The summed E-state index contributed by atoms with van der Waals surface area (Å²) in [6.07, 6.45) is 0.857. The van der Waals surface area contributed by atoms with Gasteiger partial charge < -0.3 is 20.5 Å². The number of alkyl carbamates (subject to hydrolysis) is 1. The molecule has 0 aliphatic carbocycles. The number of aliphatic carboxylic acids is 1. The second-order valence-electron chi connectivity index (χ2n) is 6.98. The number of rotatable bonds is 9.